The minimum absolute atomic E-state index is 0.203. The number of anilines is 2. The summed E-state index contributed by atoms with van der Waals surface area (Å²) in [5.74, 6) is 0.203. The van der Waals surface area contributed by atoms with Crippen LogP contribution in [-0.4, -0.2) is 19.5 Å². The molecule has 2 aromatic heterocycles. The summed E-state index contributed by atoms with van der Waals surface area (Å²) in [6.45, 7) is 0. The first kappa shape index (κ1) is 12.8. The predicted molar refractivity (Wildman–Crippen MR) is 79.1 cm³/mol. The van der Waals surface area contributed by atoms with Gasteiger partial charge in [-0.2, -0.15) is 4.98 Å². The van der Waals surface area contributed by atoms with Gasteiger partial charge in [-0.15, -0.1) is 0 Å². The van der Waals surface area contributed by atoms with E-state index in [1.54, 1.807) is 24.5 Å². The van der Waals surface area contributed by atoms with Gasteiger partial charge < -0.3 is 0 Å². The largest absolute Gasteiger partial charge is 0.356 e. The van der Waals surface area contributed by atoms with Gasteiger partial charge in [0.05, 0.1) is 11.4 Å². The van der Waals surface area contributed by atoms with Gasteiger partial charge in [0.25, 0.3) is 0 Å². The van der Waals surface area contributed by atoms with E-state index in [-0.39, 0.29) is 5.95 Å². The van der Waals surface area contributed by atoms with Crippen molar-refractivity contribution in [2.75, 3.05) is 10.9 Å². The fourth-order valence-electron chi connectivity index (χ4n) is 1.73. The van der Waals surface area contributed by atoms with Crippen molar-refractivity contribution in [3.05, 3.63) is 71.7 Å². The number of pyridine rings is 1. The lowest BCUT2D eigenvalue weighted by molar-refractivity contribution is 0.860. The van der Waals surface area contributed by atoms with Crippen LogP contribution in [0.15, 0.2) is 66.0 Å². The standard InChI is InChI=1S/C14H12N6O/c21-14-17-13(19-18-11-4-2-1-3-5-11)16-10-20(14)12-6-8-15-9-7-12/h1-10,18H,(H,17,19,21). The number of hydrazine groups is 1. The van der Waals surface area contributed by atoms with Gasteiger partial charge in [-0.3, -0.25) is 20.4 Å². The Balaban J connectivity index is 1.77. The van der Waals surface area contributed by atoms with E-state index in [9.17, 15) is 4.79 Å². The van der Waals surface area contributed by atoms with Gasteiger partial charge in [-0.05, 0) is 24.3 Å². The van der Waals surface area contributed by atoms with E-state index in [1.165, 1.54) is 10.9 Å². The summed E-state index contributed by atoms with van der Waals surface area (Å²) >= 11 is 0. The molecule has 0 aliphatic carbocycles. The first-order valence-corrected chi connectivity index (χ1v) is 6.26. The number of nitrogens with zero attached hydrogens (tertiary/aromatic N) is 4. The molecule has 7 nitrogen and oxygen atoms in total. The molecule has 0 spiro atoms. The van der Waals surface area contributed by atoms with Crippen molar-refractivity contribution in [1.82, 2.24) is 19.5 Å². The maximum Gasteiger partial charge on any atom is 0.356 e. The summed E-state index contributed by atoms with van der Waals surface area (Å²) in [7, 11) is 0. The van der Waals surface area contributed by atoms with E-state index >= 15 is 0 Å². The molecule has 0 aliphatic rings. The number of hydrogen-bond donors (Lipinski definition) is 2. The molecule has 0 aliphatic heterocycles. The number of nitrogens with one attached hydrogen (secondary N) is 2. The Morgan fingerprint density at radius 2 is 1.71 bits per heavy atom. The van der Waals surface area contributed by atoms with Gasteiger partial charge in [0.15, 0.2) is 0 Å². The molecule has 21 heavy (non-hydrogen) atoms. The molecular weight excluding hydrogens is 268 g/mol. The quantitative estimate of drug-likeness (QED) is 0.704. The van der Waals surface area contributed by atoms with Crippen LogP contribution in [-0.2, 0) is 0 Å². The first-order chi connectivity index (χ1) is 10.3. The fraction of sp³-hybridized carbons (Fsp3) is 0. The van der Waals surface area contributed by atoms with E-state index in [0.29, 0.717) is 5.69 Å². The summed E-state index contributed by atoms with van der Waals surface area (Å²) < 4.78 is 1.34. The minimum Gasteiger partial charge on any atom is -0.298 e. The van der Waals surface area contributed by atoms with E-state index in [2.05, 4.69) is 25.8 Å². The third-order valence-electron chi connectivity index (χ3n) is 2.74. The molecule has 0 amide bonds. The lowest BCUT2D eigenvalue weighted by Gasteiger charge is -2.08. The number of rotatable bonds is 4. The van der Waals surface area contributed by atoms with Crippen molar-refractivity contribution in [2.24, 2.45) is 0 Å². The lowest BCUT2D eigenvalue weighted by atomic mass is 10.3. The SMILES string of the molecule is O=c1nc(NNc2ccccc2)ncn1-c1ccncc1. The minimum atomic E-state index is -0.423. The average Bonchev–Trinajstić information content (AvgIpc) is 2.55. The molecule has 0 unspecified atom stereocenters. The zero-order valence-corrected chi connectivity index (χ0v) is 11.0. The van der Waals surface area contributed by atoms with Crippen LogP contribution < -0.4 is 16.5 Å². The second-order valence-electron chi connectivity index (χ2n) is 4.15. The second kappa shape index (κ2) is 5.83. The molecule has 1 aromatic carbocycles. The summed E-state index contributed by atoms with van der Waals surface area (Å²) in [6.07, 6.45) is 4.62. The molecule has 7 heteroatoms. The monoisotopic (exact) mass is 280 g/mol. The zero-order chi connectivity index (χ0) is 14.5. The molecule has 3 aromatic rings. The first-order valence-electron chi connectivity index (χ1n) is 6.26. The lowest BCUT2D eigenvalue weighted by Crippen LogP contribution is -2.24. The van der Waals surface area contributed by atoms with E-state index in [0.717, 1.165) is 5.69 Å². The molecule has 104 valence electrons. The van der Waals surface area contributed by atoms with Crippen LogP contribution in [0.2, 0.25) is 0 Å². The Kier molecular flexibility index (Phi) is 3.55. The number of benzene rings is 1. The van der Waals surface area contributed by atoms with Crippen LogP contribution in [0.4, 0.5) is 11.6 Å². The zero-order valence-electron chi connectivity index (χ0n) is 11.0. The Hall–Kier alpha value is -3.22. The van der Waals surface area contributed by atoms with Crippen molar-refractivity contribution in [3.63, 3.8) is 0 Å². The molecule has 0 bridgehead atoms. The van der Waals surface area contributed by atoms with E-state index in [1.807, 2.05) is 30.3 Å². The predicted octanol–water partition coefficient (Wildman–Crippen LogP) is 1.46. The highest BCUT2D eigenvalue weighted by Crippen LogP contribution is 2.05. The van der Waals surface area contributed by atoms with Crippen LogP contribution in [0.5, 0.6) is 0 Å². The van der Waals surface area contributed by atoms with Gasteiger partial charge in [-0.25, -0.2) is 9.78 Å². The number of hydrogen-bond acceptors (Lipinski definition) is 6. The highest BCUT2D eigenvalue weighted by molar-refractivity contribution is 5.46. The Morgan fingerprint density at radius 3 is 2.43 bits per heavy atom. The van der Waals surface area contributed by atoms with Gasteiger partial charge >= 0.3 is 5.69 Å². The molecule has 0 fully saturated rings. The van der Waals surface area contributed by atoms with Crippen LogP contribution >= 0.6 is 0 Å². The van der Waals surface area contributed by atoms with Crippen LogP contribution in [0.25, 0.3) is 5.69 Å². The van der Waals surface area contributed by atoms with Crippen LogP contribution in [0, 0.1) is 0 Å². The highest BCUT2D eigenvalue weighted by atomic mass is 16.1. The molecule has 0 saturated carbocycles. The van der Waals surface area contributed by atoms with Crippen molar-refractivity contribution >= 4 is 11.6 Å². The number of para-hydroxylation sites is 1. The maximum absolute atomic E-state index is 12.0. The Bertz CT molecular complexity index is 772. The molecule has 0 radical (unpaired) electrons. The van der Waals surface area contributed by atoms with Crippen molar-refractivity contribution in [3.8, 4) is 5.69 Å². The van der Waals surface area contributed by atoms with Crippen LogP contribution in [0.1, 0.15) is 0 Å². The smallest absolute Gasteiger partial charge is 0.298 e. The van der Waals surface area contributed by atoms with Gasteiger partial charge in [0.1, 0.15) is 6.33 Å². The van der Waals surface area contributed by atoms with Gasteiger partial charge in [-0.1, -0.05) is 18.2 Å². The topological polar surface area (TPSA) is 84.7 Å². The molecule has 2 N–H and O–H groups in total. The summed E-state index contributed by atoms with van der Waals surface area (Å²) in [6, 6.07) is 12.9. The Labute approximate surface area is 120 Å². The fourth-order valence-corrected chi connectivity index (χ4v) is 1.73. The molecule has 0 saturated heterocycles. The Morgan fingerprint density at radius 1 is 0.952 bits per heavy atom. The normalized spacial score (nSPS) is 10.1. The summed E-state index contributed by atoms with van der Waals surface area (Å²) in [5, 5.41) is 0. The second-order valence-corrected chi connectivity index (χ2v) is 4.15. The molecule has 3 rings (SSSR count). The summed E-state index contributed by atoms with van der Waals surface area (Å²) in [5.41, 5.74) is 6.79. The third-order valence-corrected chi connectivity index (χ3v) is 2.74. The van der Waals surface area contributed by atoms with Crippen molar-refractivity contribution in [1.29, 1.82) is 0 Å². The summed E-state index contributed by atoms with van der Waals surface area (Å²) in [4.78, 5) is 23.8. The molecular formula is C14H12N6O. The average molecular weight is 280 g/mol. The highest BCUT2D eigenvalue weighted by Gasteiger charge is 2.03. The third kappa shape index (κ3) is 3.03. The van der Waals surface area contributed by atoms with Crippen molar-refractivity contribution < 1.29 is 0 Å². The molecule has 0 atom stereocenters. The van der Waals surface area contributed by atoms with Gasteiger partial charge in [0, 0.05) is 12.4 Å². The van der Waals surface area contributed by atoms with E-state index in [4.69, 9.17) is 0 Å². The number of aromatic nitrogens is 4. The molecule has 2 heterocycles. The maximum atomic E-state index is 12.0. The van der Waals surface area contributed by atoms with Crippen molar-refractivity contribution in [2.45, 2.75) is 0 Å². The van der Waals surface area contributed by atoms with Crippen LogP contribution in [0.3, 0.4) is 0 Å². The van der Waals surface area contributed by atoms with E-state index < -0.39 is 5.69 Å². The van der Waals surface area contributed by atoms with Gasteiger partial charge in [0.2, 0.25) is 5.95 Å².